The molecule has 4 aliphatic carbocycles. The Morgan fingerprint density at radius 1 is 0.973 bits per heavy atom. The lowest BCUT2D eigenvalue weighted by Crippen LogP contribution is -2.51. The number of allylic oxidation sites excluding steroid dienone is 3. The second kappa shape index (κ2) is 8.41. The number of fused-ring (bicyclic) bond motifs is 6. The van der Waals surface area contributed by atoms with Gasteiger partial charge in [-0.1, -0.05) is 43.7 Å². The number of benzene rings is 1. The fraction of sp³-hybridized carbons (Fsp3) is 0.469. The van der Waals surface area contributed by atoms with E-state index in [1.54, 1.807) is 30.1 Å². The van der Waals surface area contributed by atoms with Crippen LogP contribution < -0.4 is 5.32 Å². The number of pyridine rings is 1. The van der Waals surface area contributed by atoms with Gasteiger partial charge in [0.15, 0.2) is 0 Å². The zero-order chi connectivity index (χ0) is 25.2. The highest BCUT2D eigenvalue weighted by atomic mass is 16.1. The Balaban J connectivity index is 1.11. The molecular weight excluding hydrogens is 456 g/mol. The van der Waals surface area contributed by atoms with E-state index in [0.717, 1.165) is 36.6 Å². The minimum absolute atomic E-state index is 0.0234. The lowest BCUT2D eigenvalue weighted by atomic mass is 9.47. The molecule has 0 bridgehead atoms. The van der Waals surface area contributed by atoms with Crippen LogP contribution in [0.25, 0.3) is 16.7 Å². The number of aromatic nitrogens is 3. The van der Waals surface area contributed by atoms with Crippen molar-refractivity contribution in [3.63, 3.8) is 0 Å². The molecule has 1 amide bonds. The zero-order valence-electron chi connectivity index (χ0n) is 21.9. The molecule has 1 N–H and O–H groups in total. The van der Waals surface area contributed by atoms with E-state index in [-0.39, 0.29) is 22.8 Å². The Labute approximate surface area is 219 Å². The molecule has 2 saturated carbocycles. The van der Waals surface area contributed by atoms with Crippen LogP contribution in [0.15, 0.2) is 72.8 Å². The molecule has 7 rings (SSSR count). The maximum absolute atomic E-state index is 12.8. The summed E-state index contributed by atoms with van der Waals surface area (Å²) in [5, 5.41) is 3.31. The highest BCUT2D eigenvalue weighted by molar-refractivity contribution is 5.94. The van der Waals surface area contributed by atoms with Gasteiger partial charge in [0.25, 0.3) is 5.91 Å². The normalized spacial score (nSPS) is 34.6. The first-order valence-corrected chi connectivity index (χ1v) is 14.0. The minimum atomic E-state index is 0.0234. The minimum Gasteiger partial charge on any atom is -0.349 e. The zero-order valence-corrected chi connectivity index (χ0v) is 21.9. The van der Waals surface area contributed by atoms with Gasteiger partial charge in [0.2, 0.25) is 0 Å². The van der Waals surface area contributed by atoms with Crippen LogP contribution >= 0.6 is 0 Å². The summed E-state index contributed by atoms with van der Waals surface area (Å²) in [5.41, 5.74) is 6.51. The summed E-state index contributed by atoms with van der Waals surface area (Å²) in [7, 11) is 0. The Morgan fingerprint density at radius 2 is 1.78 bits per heavy atom. The standard InChI is InChI=1S/C32H36N4O/c1-31-15-11-23(35-30(37)21-13-17-33-18-14-21)19-22(31)7-8-24-25-9-10-29(32(25,2)16-12-26(24)31)36-20-34-27-5-3-4-6-28(27)36/h3-7,10,13-14,17-18,20,23-26H,8-9,11-12,15-16,19H2,1-2H3,(H,35,37)/t23-,24?,25?,26?,31-,32-/m0/s1. The van der Waals surface area contributed by atoms with Crippen LogP contribution in [0.1, 0.15) is 69.2 Å². The van der Waals surface area contributed by atoms with Gasteiger partial charge in [-0.2, -0.15) is 0 Å². The van der Waals surface area contributed by atoms with Gasteiger partial charge in [0, 0.05) is 35.1 Å². The maximum atomic E-state index is 12.8. The third-order valence-electron chi connectivity index (χ3n) is 10.6. The van der Waals surface area contributed by atoms with Gasteiger partial charge in [0.1, 0.15) is 6.33 Å². The van der Waals surface area contributed by atoms with Crippen LogP contribution in [0.4, 0.5) is 0 Å². The summed E-state index contributed by atoms with van der Waals surface area (Å²) in [6.45, 7) is 5.06. The quantitative estimate of drug-likeness (QED) is 0.417. The number of nitrogens with one attached hydrogen (secondary N) is 1. The predicted molar refractivity (Wildman–Crippen MR) is 147 cm³/mol. The molecule has 2 fully saturated rings. The van der Waals surface area contributed by atoms with Crippen LogP contribution in [0, 0.1) is 28.6 Å². The summed E-state index contributed by atoms with van der Waals surface area (Å²) in [4.78, 5) is 21.5. The second-order valence-corrected chi connectivity index (χ2v) is 12.3. The van der Waals surface area contributed by atoms with Crippen molar-refractivity contribution < 1.29 is 4.79 Å². The molecular formula is C32H36N4O. The number of amides is 1. The number of rotatable bonds is 3. The van der Waals surface area contributed by atoms with E-state index in [1.807, 2.05) is 6.33 Å². The van der Waals surface area contributed by atoms with Gasteiger partial charge in [-0.05, 0) is 92.4 Å². The number of hydrogen-bond donors (Lipinski definition) is 1. The van der Waals surface area contributed by atoms with Crippen molar-refractivity contribution in [2.45, 2.75) is 64.8 Å². The van der Waals surface area contributed by atoms with Gasteiger partial charge in [-0.15, -0.1) is 0 Å². The van der Waals surface area contributed by atoms with Crippen molar-refractivity contribution in [1.29, 1.82) is 0 Å². The molecule has 3 unspecified atom stereocenters. The number of carbonyl (C=O) groups is 1. The molecule has 37 heavy (non-hydrogen) atoms. The predicted octanol–water partition coefficient (Wildman–Crippen LogP) is 6.64. The smallest absolute Gasteiger partial charge is 0.251 e. The van der Waals surface area contributed by atoms with Crippen LogP contribution in [0.3, 0.4) is 0 Å². The summed E-state index contributed by atoms with van der Waals surface area (Å²) < 4.78 is 2.37. The summed E-state index contributed by atoms with van der Waals surface area (Å²) in [6, 6.07) is 12.3. The average molecular weight is 493 g/mol. The molecule has 0 aliphatic heterocycles. The first kappa shape index (κ1) is 22.9. The van der Waals surface area contributed by atoms with E-state index in [0.29, 0.717) is 11.5 Å². The molecule has 0 spiro atoms. The largest absolute Gasteiger partial charge is 0.349 e. The lowest BCUT2D eigenvalue weighted by molar-refractivity contribution is -0.0136. The SMILES string of the molecule is C[C@]12CC[C@H](NC(=O)c3ccncc3)CC1=CCC1C2CC[C@]2(C)C(n3cnc4ccccc43)=CCC12. The van der Waals surface area contributed by atoms with Crippen molar-refractivity contribution in [2.75, 3.05) is 0 Å². The van der Waals surface area contributed by atoms with Crippen molar-refractivity contribution in [2.24, 2.45) is 28.6 Å². The Kier molecular flexibility index (Phi) is 5.21. The van der Waals surface area contributed by atoms with Crippen molar-refractivity contribution in [3.05, 3.63) is 78.4 Å². The van der Waals surface area contributed by atoms with Crippen LogP contribution in [0.5, 0.6) is 0 Å². The number of hydrogen-bond acceptors (Lipinski definition) is 3. The van der Waals surface area contributed by atoms with E-state index in [2.05, 4.69) is 65.1 Å². The van der Waals surface area contributed by atoms with Crippen molar-refractivity contribution in [1.82, 2.24) is 19.9 Å². The highest BCUT2D eigenvalue weighted by Gasteiger charge is 2.57. The molecule has 4 aliphatic rings. The third-order valence-corrected chi connectivity index (χ3v) is 10.6. The molecule has 0 radical (unpaired) electrons. The van der Waals surface area contributed by atoms with E-state index >= 15 is 0 Å². The molecule has 0 saturated heterocycles. The summed E-state index contributed by atoms with van der Waals surface area (Å²) in [6.07, 6.45) is 18.6. The Hall–Kier alpha value is -3.21. The fourth-order valence-electron chi connectivity index (χ4n) is 8.63. The van der Waals surface area contributed by atoms with E-state index in [4.69, 9.17) is 4.98 Å². The van der Waals surface area contributed by atoms with Crippen LogP contribution in [0.2, 0.25) is 0 Å². The average Bonchev–Trinajstić information content (AvgIpc) is 3.49. The molecule has 190 valence electrons. The van der Waals surface area contributed by atoms with E-state index in [9.17, 15) is 4.79 Å². The first-order valence-electron chi connectivity index (χ1n) is 14.0. The summed E-state index contributed by atoms with van der Waals surface area (Å²) >= 11 is 0. The first-order chi connectivity index (χ1) is 18.0. The van der Waals surface area contributed by atoms with E-state index in [1.165, 1.54) is 36.9 Å². The monoisotopic (exact) mass is 492 g/mol. The summed E-state index contributed by atoms with van der Waals surface area (Å²) in [5.74, 6) is 2.16. The van der Waals surface area contributed by atoms with Gasteiger partial charge in [-0.3, -0.25) is 9.78 Å². The maximum Gasteiger partial charge on any atom is 0.251 e. The third kappa shape index (κ3) is 3.46. The van der Waals surface area contributed by atoms with Crippen molar-refractivity contribution >= 4 is 22.6 Å². The molecule has 1 aromatic carbocycles. The molecule has 3 aromatic rings. The topological polar surface area (TPSA) is 59.8 Å². The number of carbonyl (C=O) groups excluding carboxylic acids is 1. The van der Waals surface area contributed by atoms with E-state index < -0.39 is 0 Å². The number of nitrogens with zero attached hydrogens (tertiary/aromatic N) is 3. The Bertz CT molecular complexity index is 1420. The van der Waals surface area contributed by atoms with Gasteiger partial charge >= 0.3 is 0 Å². The van der Waals surface area contributed by atoms with Crippen LogP contribution in [-0.2, 0) is 0 Å². The molecule has 6 atom stereocenters. The fourth-order valence-corrected chi connectivity index (χ4v) is 8.63. The number of imidazole rings is 1. The van der Waals surface area contributed by atoms with Crippen molar-refractivity contribution in [3.8, 4) is 0 Å². The lowest BCUT2D eigenvalue weighted by Gasteiger charge is -2.58. The molecule has 5 nitrogen and oxygen atoms in total. The van der Waals surface area contributed by atoms with Crippen LogP contribution in [-0.4, -0.2) is 26.5 Å². The molecule has 2 aromatic heterocycles. The molecule has 5 heteroatoms. The van der Waals surface area contributed by atoms with Gasteiger partial charge in [-0.25, -0.2) is 4.98 Å². The second-order valence-electron chi connectivity index (χ2n) is 12.3. The Morgan fingerprint density at radius 3 is 2.65 bits per heavy atom. The van der Waals surface area contributed by atoms with Gasteiger partial charge < -0.3 is 9.88 Å². The van der Waals surface area contributed by atoms with Gasteiger partial charge in [0.05, 0.1) is 11.0 Å². The number of para-hydroxylation sites is 2. The molecule has 2 heterocycles. The highest BCUT2D eigenvalue weighted by Crippen LogP contribution is 2.65.